The average Bonchev–Trinajstić information content (AvgIpc) is 3.13. The zero-order valence-electron chi connectivity index (χ0n) is 16.6. The van der Waals surface area contributed by atoms with Crippen LogP contribution >= 0.6 is 0 Å². The molecule has 1 aliphatic rings. The van der Waals surface area contributed by atoms with Crippen molar-refractivity contribution in [1.82, 2.24) is 0 Å². The molecule has 5 nitrogen and oxygen atoms in total. The molecule has 1 aliphatic heterocycles. The zero-order valence-corrected chi connectivity index (χ0v) is 16.6. The lowest BCUT2D eigenvalue weighted by atomic mass is 10.2. The molecule has 4 rings (SSSR count). The Balaban J connectivity index is 1.39. The third-order valence-corrected chi connectivity index (χ3v) is 4.51. The highest BCUT2D eigenvalue weighted by Gasteiger charge is 2.23. The summed E-state index contributed by atoms with van der Waals surface area (Å²) < 4.78 is 16.8. The van der Waals surface area contributed by atoms with Crippen LogP contribution in [0.5, 0.6) is 11.5 Å². The molecule has 0 atom stereocenters. The molecule has 3 aromatic rings. The number of hydrogen-bond donors (Lipinski definition) is 0. The van der Waals surface area contributed by atoms with Gasteiger partial charge in [-0.2, -0.15) is 0 Å². The minimum absolute atomic E-state index is 0.258. The van der Waals surface area contributed by atoms with Crippen molar-refractivity contribution in [2.45, 2.75) is 6.92 Å². The Kier molecular flexibility index (Phi) is 5.90. The van der Waals surface area contributed by atoms with Crippen molar-refractivity contribution in [3.63, 3.8) is 0 Å². The maximum absolute atomic E-state index is 12.2. The maximum Gasteiger partial charge on any atom is 0.363 e. The lowest BCUT2D eigenvalue weighted by molar-refractivity contribution is -0.129. The fourth-order valence-corrected chi connectivity index (χ4v) is 2.99. The molecule has 150 valence electrons. The summed E-state index contributed by atoms with van der Waals surface area (Å²) in [5.41, 5.74) is 2.91. The van der Waals surface area contributed by atoms with Gasteiger partial charge in [0.05, 0.1) is 0 Å². The number of carbonyl (C=O) groups excluding carboxylic acids is 1. The van der Waals surface area contributed by atoms with E-state index in [0.717, 1.165) is 22.4 Å². The van der Waals surface area contributed by atoms with Gasteiger partial charge >= 0.3 is 5.97 Å². The Morgan fingerprint density at radius 1 is 0.900 bits per heavy atom. The van der Waals surface area contributed by atoms with Crippen molar-refractivity contribution < 1.29 is 19.0 Å². The largest absolute Gasteiger partial charge is 0.490 e. The lowest BCUT2D eigenvalue weighted by Crippen LogP contribution is -2.09. The van der Waals surface area contributed by atoms with Gasteiger partial charge in [-0.25, -0.2) is 9.79 Å². The fourth-order valence-electron chi connectivity index (χ4n) is 2.99. The normalized spacial score (nSPS) is 14.4. The molecule has 0 aliphatic carbocycles. The van der Waals surface area contributed by atoms with Crippen LogP contribution in [-0.4, -0.2) is 25.1 Å². The molecule has 0 spiro atoms. The fraction of sp³-hybridized carbons (Fsp3) is 0.120. The van der Waals surface area contributed by atoms with E-state index in [1.165, 1.54) is 0 Å². The van der Waals surface area contributed by atoms with Crippen LogP contribution < -0.4 is 9.47 Å². The maximum atomic E-state index is 12.2. The first-order valence-corrected chi connectivity index (χ1v) is 9.68. The molecule has 0 bridgehead atoms. The second-order valence-corrected chi connectivity index (χ2v) is 6.74. The van der Waals surface area contributed by atoms with Gasteiger partial charge in [0.1, 0.15) is 24.7 Å². The van der Waals surface area contributed by atoms with Crippen molar-refractivity contribution in [1.29, 1.82) is 0 Å². The third kappa shape index (κ3) is 4.75. The molecule has 0 N–H and O–H groups in total. The molecule has 0 saturated carbocycles. The van der Waals surface area contributed by atoms with E-state index in [0.29, 0.717) is 24.9 Å². The molecule has 0 aromatic heterocycles. The first-order valence-electron chi connectivity index (χ1n) is 9.68. The van der Waals surface area contributed by atoms with Gasteiger partial charge in [0.2, 0.25) is 5.90 Å². The highest BCUT2D eigenvalue weighted by Crippen LogP contribution is 2.21. The summed E-state index contributed by atoms with van der Waals surface area (Å²) in [6.07, 6.45) is 1.69. The minimum atomic E-state index is -0.466. The number of aliphatic imine (C=N–C) groups is 1. The Hall–Kier alpha value is -3.86. The number of hydrogen-bond acceptors (Lipinski definition) is 5. The van der Waals surface area contributed by atoms with Crippen LogP contribution in [0, 0.1) is 6.92 Å². The van der Waals surface area contributed by atoms with Gasteiger partial charge in [-0.3, -0.25) is 0 Å². The lowest BCUT2D eigenvalue weighted by Gasteiger charge is -2.10. The summed E-state index contributed by atoms with van der Waals surface area (Å²) in [5, 5.41) is 0. The number of cyclic esters (lactones) is 1. The SMILES string of the molecule is Cc1ccccc1OCCOc1cccc(C=C2N=C(c3ccccc3)OC2=O)c1. The van der Waals surface area contributed by atoms with Gasteiger partial charge in [-0.15, -0.1) is 0 Å². The second kappa shape index (κ2) is 9.09. The number of aryl methyl sites for hydroxylation is 1. The molecule has 0 amide bonds. The standard InChI is InChI=1S/C25H21NO4/c1-18-8-5-6-13-23(18)29-15-14-28-21-12-7-9-19(16-21)17-22-25(27)30-24(26-22)20-10-3-2-4-11-20/h2-13,16-17H,14-15H2,1H3. The molecule has 0 unspecified atom stereocenters. The predicted octanol–water partition coefficient (Wildman–Crippen LogP) is 4.80. The van der Waals surface area contributed by atoms with Crippen LogP contribution in [0.2, 0.25) is 0 Å². The van der Waals surface area contributed by atoms with Crippen molar-refractivity contribution >= 4 is 17.9 Å². The molecule has 1 heterocycles. The smallest absolute Gasteiger partial charge is 0.363 e. The molecular formula is C25H21NO4. The van der Waals surface area contributed by atoms with Crippen LogP contribution in [0.3, 0.4) is 0 Å². The first-order chi connectivity index (χ1) is 14.7. The summed E-state index contributed by atoms with van der Waals surface area (Å²) in [6.45, 7) is 2.85. The van der Waals surface area contributed by atoms with E-state index in [2.05, 4.69) is 4.99 Å². The van der Waals surface area contributed by atoms with E-state index in [-0.39, 0.29) is 5.70 Å². The van der Waals surface area contributed by atoms with Crippen LogP contribution in [0.25, 0.3) is 6.08 Å². The number of ether oxygens (including phenoxy) is 3. The zero-order chi connectivity index (χ0) is 20.8. The number of benzene rings is 3. The van der Waals surface area contributed by atoms with E-state index >= 15 is 0 Å². The quantitative estimate of drug-likeness (QED) is 0.325. The minimum Gasteiger partial charge on any atom is -0.490 e. The van der Waals surface area contributed by atoms with Gasteiger partial charge in [0.25, 0.3) is 0 Å². The molecular weight excluding hydrogens is 378 g/mol. The van der Waals surface area contributed by atoms with Crippen molar-refractivity contribution in [2.24, 2.45) is 4.99 Å². The van der Waals surface area contributed by atoms with Gasteiger partial charge < -0.3 is 14.2 Å². The van der Waals surface area contributed by atoms with Crippen molar-refractivity contribution in [3.8, 4) is 11.5 Å². The molecule has 30 heavy (non-hydrogen) atoms. The first kappa shape index (κ1) is 19.5. The van der Waals surface area contributed by atoms with Gasteiger partial charge in [-0.1, -0.05) is 48.5 Å². The number of carbonyl (C=O) groups is 1. The molecule has 0 fully saturated rings. The Morgan fingerprint density at radius 3 is 2.50 bits per heavy atom. The van der Waals surface area contributed by atoms with E-state index < -0.39 is 5.97 Å². The summed E-state index contributed by atoms with van der Waals surface area (Å²) in [5.74, 6) is 1.39. The predicted molar refractivity (Wildman–Crippen MR) is 116 cm³/mol. The van der Waals surface area contributed by atoms with Crippen LogP contribution in [0.15, 0.2) is 89.6 Å². The third-order valence-electron chi connectivity index (χ3n) is 4.51. The molecule has 5 heteroatoms. The number of rotatable bonds is 7. The van der Waals surface area contributed by atoms with Gasteiger partial charge in [-0.05, 0) is 54.5 Å². The van der Waals surface area contributed by atoms with E-state index in [9.17, 15) is 4.79 Å². The topological polar surface area (TPSA) is 57.1 Å². The summed E-state index contributed by atoms with van der Waals surface area (Å²) in [7, 11) is 0. The molecule has 3 aromatic carbocycles. The van der Waals surface area contributed by atoms with E-state index in [4.69, 9.17) is 14.2 Å². The second-order valence-electron chi connectivity index (χ2n) is 6.74. The number of nitrogens with zero attached hydrogens (tertiary/aromatic N) is 1. The highest BCUT2D eigenvalue weighted by atomic mass is 16.6. The molecule has 0 saturated heterocycles. The number of para-hydroxylation sites is 1. The Bertz CT molecular complexity index is 1100. The van der Waals surface area contributed by atoms with E-state index in [1.807, 2.05) is 85.8 Å². The van der Waals surface area contributed by atoms with Crippen molar-refractivity contribution in [3.05, 3.63) is 101 Å². The Morgan fingerprint density at radius 2 is 1.67 bits per heavy atom. The van der Waals surface area contributed by atoms with Gasteiger partial charge in [0, 0.05) is 5.56 Å². The monoisotopic (exact) mass is 399 g/mol. The average molecular weight is 399 g/mol. The number of esters is 1. The summed E-state index contributed by atoms with van der Waals surface area (Å²) >= 11 is 0. The highest BCUT2D eigenvalue weighted by molar-refractivity contribution is 6.12. The van der Waals surface area contributed by atoms with Crippen LogP contribution in [-0.2, 0) is 9.53 Å². The summed E-state index contributed by atoms with van der Waals surface area (Å²) in [4.78, 5) is 16.5. The van der Waals surface area contributed by atoms with Crippen LogP contribution in [0.1, 0.15) is 16.7 Å². The summed E-state index contributed by atoms with van der Waals surface area (Å²) in [6, 6.07) is 24.7. The molecule has 0 radical (unpaired) electrons. The van der Waals surface area contributed by atoms with Crippen molar-refractivity contribution in [2.75, 3.05) is 13.2 Å². The van der Waals surface area contributed by atoms with Crippen LogP contribution in [0.4, 0.5) is 0 Å². The Labute approximate surface area is 175 Å². The van der Waals surface area contributed by atoms with Gasteiger partial charge in [0.15, 0.2) is 5.70 Å². The van der Waals surface area contributed by atoms with E-state index in [1.54, 1.807) is 6.08 Å².